The molecule has 4 aromatic carbocycles. The van der Waals surface area contributed by atoms with Crippen LogP contribution in [0.4, 0.5) is 5.69 Å². The highest BCUT2D eigenvalue weighted by molar-refractivity contribution is 7.57. The number of hydrogen-bond acceptors (Lipinski definition) is 3. The summed E-state index contributed by atoms with van der Waals surface area (Å²) in [7, 11) is -1.31. The van der Waals surface area contributed by atoms with Gasteiger partial charge < -0.3 is 9.05 Å². The smallest absolute Gasteiger partial charge is 0.326 e. The van der Waals surface area contributed by atoms with E-state index in [2.05, 4.69) is 56.3 Å². The van der Waals surface area contributed by atoms with Crippen molar-refractivity contribution in [3.8, 4) is 22.6 Å². The van der Waals surface area contributed by atoms with Gasteiger partial charge >= 0.3 is 8.38 Å². The molecule has 1 aliphatic heterocycles. The molecule has 3 nitrogen and oxygen atoms in total. The van der Waals surface area contributed by atoms with Crippen LogP contribution in [0, 0.1) is 13.8 Å². The Labute approximate surface area is 183 Å². The molecule has 4 heteroatoms. The Kier molecular flexibility index (Phi) is 5.28. The molecule has 0 bridgehead atoms. The largest absolute Gasteiger partial charge is 0.435 e. The lowest BCUT2D eigenvalue weighted by molar-refractivity contribution is 0.500. The lowest BCUT2D eigenvalue weighted by Crippen LogP contribution is -2.17. The van der Waals surface area contributed by atoms with Crippen LogP contribution in [-0.4, -0.2) is 6.21 Å². The molecule has 0 saturated heterocycles. The molecule has 152 valence electrons. The van der Waals surface area contributed by atoms with Gasteiger partial charge in [-0.1, -0.05) is 66.7 Å². The van der Waals surface area contributed by atoms with E-state index >= 15 is 0 Å². The molecule has 1 atom stereocenters. The van der Waals surface area contributed by atoms with Crippen LogP contribution in [0.2, 0.25) is 0 Å². The molecule has 0 saturated carbocycles. The molecule has 1 heterocycles. The van der Waals surface area contributed by atoms with Gasteiger partial charge in [0.2, 0.25) is 0 Å². The first-order chi connectivity index (χ1) is 15.2. The topological polar surface area (TPSA) is 30.8 Å². The zero-order valence-electron chi connectivity index (χ0n) is 17.4. The maximum atomic E-state index is 6.47. The predicted octanol–water partition coefficient (Wildman–Crippen LogP) is 7.13. The fourth-order valence-electron chi connectivity index (χ4n) is 3.74. The van der Waals surface area contributed by atoms with Crippen LogP contribution in [0.25, 0.3) is 11.1 Å². The molecule has 31 heavy (non-hydrogen) atoms. The van der Waals surface area contributed by atoms with E-state index in [1.54, 1.807) is 0 Å². The molecule has 0 aliphatic carbocycles. The highest BCUT2D eigenvalue weighted by Gasteiger charge is 2.29. The summed E-state index contributed by atoms with van der Waals surface area (Å²) in [6.45, 7) is 4.16. The number of aryl methyl sites for hydroxylation is 2. The van der Waals surface area contributed by atoms with Gasteiger partial charge in [0, 0.05) is 17.3 Å². The van der Waals surface area contributed by atoms with E-state index < -0.39 is 8.38 Å². The summed E-state index contributed by atoms with van der Waals surface area (Å²) in [6.07, 6.45) is 1.88. The molecule has 0 N–H and O–H groups in total. The number of aliphatic imine (C=N–C) groups is 1. The molecule has 0 spiro atoms. The summed E-state index contributed by atoms with van der Waals surface area (Å²) in [6, 6.07) is 30.6. The summed E-state index contributed by atoms with van der Waals surface area (Å²) < 4.78 is 12.8. The fourth-order valence-corrected chi connectivity index (χ4v) is 5.25. The van der Waals surface area contributed by atoms with Gasteiger partial charge in [-0.2, -0.15) is 0 Å². The summed E-state index contributed by atoms with van der Waals surface area (Å²) in [5.74, 6) is 1.62. The van der Waals surface area contributed by atoms with Crippen molar-refractivity contribution in [2.75, 3.05) is 0 Å². The van der Waals surface area contributed by atoms with E-state index in [4.69, 9.17) is 14.0 Å². The maximum Gasteiger partial charge on any atom is 0.326 e. The number of rotatable bonds is 4. The van der Waals surface area contributed by atoms with Crippen molar-refractivity contribution in [3.63, 3.8) is 0 Å². The van der Waals surface area contributed by atoms with Crippen LogP contribution >= 0.6 is 8.38 Å². The summed E-state index contributed by atoms with van der Waals surface area (Å²) in [5.41, 5.74) is 6.49. The quantitative estimate of drug-likeness (QED) is 0.258. The van der Waals surface area contributed by atoms with Gasteiger partial charge in [0.15, 0.2) is 0 Å². The Balaban J connectivity index is 1.49. The molecule has 1 aliphatic rings. The number of para-hydroxylation sites is 3. The van der Waals surface area contributed by atoms with Crippen molar-refractivity contribution in [1.82, 2.24) is 0 Å². The summed E-state index contributed by atoms with van der Waals surface area (Å²) in [5, 5.41) is 1.08. The number of hydrogen-bond donors (Lipinski definition) is 0. The molecule has 0 fully saturated rings. The van der Waals surface area contributed by atoms with E-state index in [9.17, 15) is 0 Å². The van der Waals surface area contributed by atoms with Gasteiger partial charge in [-0.15, -0.1) is 0 Å². The Morgan fingerprint density at radius 2 is 1.42 bits per heavy atom. The van der Waals surface area contributed by atoms with Crippen molar-refractivity contribution in [1.29, 1.82) is 0 Å². The molecule has 5 rings (SSSR count). The Morgan fingerprint density at radius 1 is 0.742 bits per heavy atom. The van der Waals surface area contributed by atoms with Crippen LogP contribution in [0.1, 0.15) is 16.7 Å². The predicted molar refractivity (Wildman–Crippen MR) is 129 cm³/mol. The zero-order valence-corrected chi connectivity index (χ0v) is 18.3. The monoisotopic (exact) mass is 423 g/mol. The second kappa shape index (κ2) is 8.37. The molecule has 0 radical (unpaired) electrons. The summed E-state index contributed by atoms with van der Waals surface area (Å²) in [4.78, 5) is 4.77. The van der Waals surface area contributed by atoms with Crippen LogP contribution in [0.3, 0.4) is 0 Å². The van der Waals surface area contributed by atoms with E-state index in [0.717, 1.165) is 50.3 Å². The standard InChI is InChI=1S/C27H22NO2P/c1-19-10-9-11-20(2)27(19)28-18-21-12-3-6-15-24(21)29-31-26-17-8-5-14-23(26)22-13-4-7-16-25(22)30-31/h3-18H,1-2H3. The number of nitrogens with zero attached hydrogens (tertiary/aromatic N) is 1. The SMILES string of the molecule is Cc1cccc(C)c1N=Cc1ccccc1OP1Oc2ccccc2-c2ccccc21. The van der Waals surface area contributed by atoms with Crippen molar-refractivity contribution in [2.24, 2.45) is 4.99 Å². The number of benzene rings is 4. The third-order valence-corrected chi connectivity index (χ3v) is 6.84. The lowest BCUT2D eigenvalue weighted by atomic mass is 10.0. The first-order valence-electron chi connectivity index (χ1n) is 10.2. The highest BCUT2D eigenvalue weighted by atomic mass is 31.2. The average molecular weight is 423 g/mol. The van der Waals surface area contributed by atoms with Crippen molar-refractivity contribution in [2.45, 2.75) is 13.8 Å². The number of fused-ring (bicyclic) bond motifs is 3. The molecular weight excluding hydrogens is 401 g/mol. The second-order valence-electron chi connectivity index (χ2n) is 7.49. The lowest BCUT2D eigenvalue weighted by Gasteiger charge is -2.27. The second-order valence-corrected chi connectivity index (χ2v) is 8.85. The average Bonchev–Trinajstić information content (AvgIpc) is 2.80. The molecule has 4 aromatic rings. The minimum absolute atomic E-state index is 0.762. The van der Waals surface area contributed by atoms with Gasteiger partial charge in [0.25, 0.3) is 0 Å². The first-order valence-corrected chi connectivity index (χ1v) is 11.4. The minimum Gasteiger partial charge on any atom is -0.435 e. The van der Waals surface area contributed by atoms with Crippen LogP contribution in [0.5, 0.6) is 11.5 Å². The van der Waals surface area contributed by atoms with E-state index in [-0.39, 0.29) is 0 Å². The molecule has 0 amide bonds. The van der Waals surface area contributed by atoms with Crippen molar-refractivity contribution < 1.29 is 9.05 Å². The van der Waals surface area contributed by atoms with Gasteiger partial charge in [0.05, 0.1) is 11.0 Å². The normalized spacial score (nSPS) is 14.6. The minimum atomic E-state index is -1.31. The van der Waals surface area contributed by atoms with Gasteiger partial charge in [-0.3, -0.25) is 4.99 Å². The fraction of sp³-hybridized carbons (Fsp3) is 0.0741. The Bertz CT molecular complexity index is 1260. The first kappa shape index (κ1) is 19.5. The molecule has 0 aromatic heterocycles. The van der Waals surface area contributed by atoms with E-state index in [1.165, 1.54) is 0 Å². The van der Waals surface area contributed by atoms with E-state index in [0.29, 0.717) is 0 Å². The van der Waals surface area contributed by atoms with E-state index in [1.807, 2.05) is 54.7 Å². The van der Waals surface area contributed by atoms with Crippen molar-refractivity contribution >= 4 is 25.6 Å². The highest BCUT2D eigenvalue weighted by Crippen LogP contribution is 2.49. The van der Waals surface area contributed by atoms with Crippen LogP contribution in [-0.2, 0) is 0 Å². The summed E-state index contributed by atoms with van der Waals surface area (Å²) >= 11 is 0. The third kappa shape index (κ3) is 3.85. The molecule has 1 unspecified atom stereocenters. The van der Waals surface area contributed by atoms with Crippen LogP contribution in [0.15, 0.2) is 96.0 Å². The maximum absolute atomic E-state index is 6.47. The Hall–Kier alpha value is -3.42. The van der Waals surface area contributed by atoms with Gasteiger partial charge in [-0.05, 0) is 54.8 Å². The third-order valence-electron chi connectivity index (χ3n) is 5.33. The van der Waals surface area contributed by atoms with Gasteiger partial charge in [-0.25, -0.2) is 0 Å². The Morgan fingerprint density at radius 3 is 2.26 bits per heavy atom. The van der Waals surface area contributed by atoms with Crippen LogP contribution < -0.4 is 14.4 Å². The van der Waals surface area contributed by atoms with Crippen molar-refractivity contribution in [3.05, 3.63) is 108 Å². The van der Waals surface area contributed by atoms with Gasteiger partial charge in [0.1, 0.15) is 11.5 Å². The molecular formula is C27H22NO2P. The zero-order chi connectivity index (χ0) is 21.2.